The van der Waals surface area contributed by atoms with Gasteiger partial charge in [0.15, 0.2) is 0 Å². The lowest BCUT2D eigenvalue weighted by atomic mass is 9.75. The van der Waals surface area contributed by atoms with Crippen molar-refractivity contribution in [2.24, 2.45) is 5.41 Å². The Morgan fingerprint density at radius 1 is 1.44 bits per heavy atom. The highest BCUT2D eigenvalue weighted by Gasteiger charge is 2.27. The first kappa shape index (κ1) is 13.2. The van der Waals surface area contributed by atoms with E-state index < -0.39 is 0 Å². The SMILES string of the molecule is CC1(C)CCC(Nc2nccc(C#N)c2Cl)CC1. The molecule has 0 aromatic carbocycles. The molecule has 1 N–H and O–H groups in total. The molecule has 0 spiro atoms. The van der Waals surface area contributed by atoms with Crippen LogP contribution in [0.2, 0.25) is 5.02 Å². The molecule has 1 aromatic rings. The quantitative estimate of drug-likeness (QED) is 0.878. The van der Waals surface area contributed by atoms with Crippen molar-refractivity contribution in [2.45, 2.75) is 45.6 Å². The molecule has 0 radical (unpaired) electrons. The third-order valence-corrected chi connectivity index (χ3v) is 4.07. The van der Waals surface area contributed by atoms with Gasteiger partial charge in [-0.2, -0.15) is 5.26 Å². The predicted octanol–water partition coefficient (Wildman–Crippen LogP) is 3.99. The Kier molecular flexibility index (Phi) is 3.77. The van der Waals surface area contributed by atoms with Crippen molar-refractivity contribution in [2.75, 3.05) is 5.32 Å². The number of nitrogens with zero attached hydrogens (tertiary/aromatic N) is 2. The number of pyridine rings is 1. The number of rotatable bonds is 2. The first-order valence-corrected chi connectivity index (χ1v) is 6.71. The largest absolute Gasteiger partial charge is 0.366 e. The van der Waals surface area contributed by atoms with Crippen LogP contribution in [0.5, 0.6) is 0 Å². The Hall–Kier alpha value is -1.27. The molecular weight excluding hydrogens is 246 g/mol. The molecule has 3 nitrogen and oxygen atoms in total. The van der Waals surface area contributed by atoms with Crippen molar-refractivity contribution in [3.8, 4) is 6.07 Å². The van der Waals surface area contributed by atoms with Crippen LogP contribution in [0.4, 0.5) is 5.82 Å². The van der Waals surface area contributed by atoms with Gasteiger partial charge in [-0.1, -0.05) is 25.4 Å². The van der Waals surface area contributed by atoms with E-state index in [9.17, 15) is 0 Å². The van der Waals surface area contributed by atoms with Gasteiger partial charge in [0.2, 0.25) is 0 Å². The van der Waals surface area contributed by atoms with Crippen LogP contribution in [-0.4, -0.2) is 11.0 Å². The van der Waals surface area contributed by atoms with E-state index >= 15 is 0 Å². The normalized spacial score (nSPS) is 19.2. The fourth-order valence-corrected chi connectivity index (χ4v) is 2.58. The molecule has 1 fully saturated rings. The van der Waals surface area contributed by atoms with Gasteiger partial charge < -0.3 is 5.32 Å². The van der Waals surface area contributed by atoms with E-state index in [2.05, 4.69) is 30.2 Å². The maximum atomic E-state index is 8.93. The molecule has 1 saturated carbocycles. The van der Waals surface area contributed by atoms with E-state index in [4.69, 9.17) is 16.9 Å². The molecule has 0 saturated heterocycles. The van der Waals surface area contributed by atoms with Gasteiger partial charge in [0.1, 0.15) is 16.9 Å². The summed E-state index contributed by atoms with van der Waals surface area (Å²) in [5.74, 6) is 0.639. The molecule has 18 heavy (non-hydrogen) atoms. The van der Waals surface area contributed by atoms with Crippen molar-refractivity contribution >= 4 is 17.4 Å². The maximum absolute atomic E-state index is 8.93. The molecule has 0 amide bonds. The molecule has 0 atom stereocenters. The topological polar surface area (TPSA) is 48.7 Å². The van der Waals surface area contributed by atoms with Crippen LogP contribution in [-0.2, 0) is 0 Å². The summed E-state index contributed by atoms with van der Waals surface area (Å²) in [5.41, 5.74) is 0.925. The molecule has 0 unspecified atom stereocenters. The van der Waals surface area contributed by atoms with Crippen LogP contribution in [0.3, 0.4) is 0 Å². The summed E-state index contributed by atoms with van der Waals surface area (Å²) in [5, 5.41) is 12.7. The lowest BCUT2D eigenvalue weighted by Crippen LogP contribution is -2.30. The molecule has 0 aliphatic heterocycles. The number of hydrogen-bond acceptors (Lipinski definition) is 3. The second-order valence-electron chi connectivity index (χ2n) is 5.72. The fraction of sp³-hybridized carbons (Fsp3) is 0.571. The van der Waals surface area contributed by atoms with Crippen LogP contribution in [0.1, 0.15) is 45.1 Å². The summed E-state index contributed by atoms with van der Waals surface area (Å²) in [6, 6.07) is 4.12. The molecule has 2 rings (SSSR count). The minimum Gasteiger partial charge on any atom is -0.366 e. The zero-order valence-corrected chi connectivity index (χ0v) is 11.6. The maximum Gasteiger partial charge on any atom is 0.146 e. The summed E-state index contributed by atoms with van der Waals surface area (Å²) in [7, 11) is 0. The first-order valence-electron chi connectivity index (χ1n) is 6.33. The molecule has 0 bridgehead atoms. The Morgan fingerprint density at radius 3 is 2.72 bits per heavy atom. The van der Waals surface area contributed by atoms with Gasteiger partial charge >= 0.3 is 0 Å². The van der Waals surface area contributed by atoms with Gasteiger partial charge in [0, 0.05) is 12.2 Å². The van der Waals surface area contributed by atoms with E-state index in [0.717, 1.165) is 12.8 Å². The number of nitrogens with one attached hydrogen (secondary N) is 1. The Morgan fingerprint density at radius 2 is 2.11 bits per heavy atom. The number of nitriles is 1. The zero-order valence-electron chi connectivity index (χ0n) is 10.8. The van der Waals surface area contributed by atoms with E-state index in [0.29, 0.717) is 27.9 Å². The highest BCUT2D eigenvalue weighted by molar-refractivity contribution is 6.34. The van der Waals surface area contributed by atoms with E-state index in [1.807, 2.05) is 0 Å². The average molecular weight is 264 g/mol. The summed E-state index contributed by atoms with van der Waals surface area (Å²) in [6.45, 7) is 4.62. The molecule has 1 heterocycles. The minimum atomic E-state index is 0.414. The predicted molar refractivity (Wildman–Crippen MR) is 73.6 cm³/mol. The van der Waals surface area contributed by atoms with Crippen molar-refractivity contribution in [3.63, 3.8) is 0 Å². The van der Waals surface area contributed by atoms with Crippen molar-refractivity contribution in [1.29, 1.82) is 5.26 Å². The van der Waals surface area contributed by atoms with Gasteiger partial charge in [-0.25, -0.2) is 4.98 Å². The lowest BCUT2D eigenvalue weighted by Gasteiger charge is -2.34. The zero-order chi connectivity index (χ0) is 13.2. The smallest absolute Gasteiger partial charge is 0.146 e. The third kappa shape index (κ3) is 2.94. The van der Waals surface area contributed by atoms with Gasteiger partial charge in [-0.15, -0.1) is 0 Å². The number of hydrogen-bond donors (Lipinski definition) is 1. The standard InChI is InChI=1S/C14H18ClN3/c1-14(2)6-3-11(4-7-14)18-13-12(15)10(9-16)5-8-17-13/h5,8,11H,3-4,6-7H2,1-2H3,(H,17,18). The van der Waals surface area contributed by atoms with Crippen LogP contribution in [0, 0.1) is 16.7 Å². The highest BCUT2D eigenvalue weighted by atomic mass is 35.5. The molecule has 1 aromatic heterocycles. The second-order valence-corrected chi connectivity index (χ2v) is 6.09. The van der Waals surface area contributed by atoms with Gasteiger partial charge in [0.05, 0.1) is 5.56 Å². The third-order valence-electron chi connectivity index (χ3n) is 3.69. The Bertz CT molecular complexity index is 466. The number of aromatic nitrogens is 1. The van der Waals surface area contributed by atoms with Crippen molar-refractivity contribution < 1.29 is 0 Å². The van der Waals surface area contributed by atoms with E-state index in [1.165, 1.54) is 12.8 Å². The first-order chi connectivity index (χ1) is 8.52. The molecule has 1 aliphatic rings. The number of halogens is 1. The monoisotopic (exact) mass is 263 g/mol. The van der Waals surface area contributed by atoms with Crippen molar-refractivity contribution in [1.82, 2.24) is 4.98 Å². The summed E-state index contributed by atoms with van der Waals surface area (Å²) < 4.78 is 0. The van der Waals surface area contributed by atoms with Crippen LogP contribution in [0.15, 0.2) is 12.3 Å². The van der Waals surface area contributed by atoms with E-state index in [1.54, 1.807) is 12.3 Å². The number of anilines is 1. The Labute approximate surface area is 113 Å². The summed E-state index contributed by atoms with van der Waals surface area (Å²) in [4.78, 5) is 4.22. The summed E-state index contributed by atoms with van der Waals surface area (Å²) in [6.07, 6.45) is 6.30. The van der Waals surface area contributed by atoms with Gasteiger partial charge in [-0.05, 0) is 37.2 Å². The fourth-order valence-electron chi connectivity index (χ4n) is 2.37. The Balaban J connectivity index is 2.05. The van der Waals surface area contributed by atoms with Gasteiger partial charge in [0.25, 0.3) is 0 Å². The van der Waals surface area contributed by atoms with Crippen LogP contribution in [0.25, 0.3) is 0 Å². The minimum absolute atomic E-state index is 0.414. The highest BCUT2D eigenvalue weighted by Crippen LogP contribution is 2.36. The molecule has 96 valence electrons. The molecule has 4 heteroatoms. The van der Waals surface area contributed by atoms with E-state index in [-0.39, 0.29) is 0 Å². The second kappa shape index (κ2) is 5.16. The average Bonchev–Trinajstić information content (AvgIpc) is 2.34. The molecule has 1 aliphatic carbocycles. The molecular formula is C14H18ClN3. The lowest BCUT2D eigenvalue weighted by molar-refractivity contribution is 0.232. The van der Waals surface area contributed by atoms with Crippen LogP contribution < -0.4 is 5.32 Å². The van der Waals surface area contributed by atoms with Crippen LogP contribution >= 0.6 is 11.6 Å². The van der Waals surface area contributed by atoms with Crippen molar-refractivity contribution in [3.05, 3.63) is 22.8 Å². The van der Waals surface area contributed by atoms with Gasteiger partial charge in [-0.3, -0.25) is 0 Å². The summed E-state index contributed by atoms with van der Waals surface area (Å²) >= 11 is 6.14.